The lowest BCUT2D eigenvalue weighted by molar-refractivity contribution is 0.585. The summed E-state index contributed by atoms with van der Waals surface area (Å²) in [4.78, 5) is 0. The molecule has 2 aromatic carbocycles. The zero-order chi connectivity index (χ0) is 18.8. The lowest BCUT2D eigenvalue weighted by Crippen LogP contribution is -2.02. The molecule has 4 rings (SSSR count). The van der Waals surface area contributed by atoms with E-state index in [2.05, 4.69) is 26.7 Å². The quantitative estimate of drug-likeness (QED) is 0.598. The number of nitrogens with one attached hydrogen (secondary N) is 1. The van der Waals surface area contributed by atoms with E-state index in [0.717, 1.165) is 10.9 Å². The molecule has 1 N–H and O–H groups in total. The molecule has 0 aliphatic rings. The van der Waals surface area contributed by atoms with Crippen LogP contribution in [-0.2, 0) is 6.54 Å². The van der Waals surface area contributed by atoms with E-state index in [4.69, 9.17) is 0 Å². The Morgan fingerprint density at radius 2 is 2.04 bits per heavy atom. The van der Waals surface area contributed by atoms with Gasteiger partial charge >= 0.3 is 0 Å². The molecule has 0 amide bonds. The lowest BCUT2D eigenvalue weighted by atomic mass is 10.1. The Balaban J connectivity index is 1.67. The van der Waals surface area contributed by atoms with Crippen LogP contribution >= 0.6 is 0 Å². The minimum absolute atomic E-state index is 0.204. The van der Waals surface area contributed by atoms with Crippen LogP contribution in [0.4, 0.5) is 15.8 Å². The highest BCUT2D eigenvalue weighted by Crippen LogP contribution is 2.28. The summed E-state index contributed by atoms with van der Waals surface area (Å²) < 4.78 is 15.5. The van der Waals surface area contributed by atoms with Gasteiger partial charge < -0.3 is 5.32 Å². The van der Waals surface area contributed by atoms with Crippen molar-refractivity contribution in [2.24, 2.45) is 0 Å². The molecule has 0 aliphatic heterocycles. The van der Waals surface area contributed by atoms with Crippen molar-refractivity contribution in [2.45, 2.75) is 13.5 Å². The molecule has 0 spiro atoms. The molecule has 0 fully saturated rings. The maximum Gasteiger partial charge on any atom is 0.187 e. The molecule has 0 unspecified atom stereocenters. The average Bonchev–Trinajstić information content (AvgIpc) is 3.11. The zero-order valence-corrected chi connectivity index (χ0v) is 14.5. The van der Waals surface area contributed by atoms with Crippen LogP contribution in [0.3, 0.4) is 0 Å². The second kappa shape index (κ2) is 6.84. The van der Waals surface area contributed by atoms with E-state index >= 15 is 0 Å². The average molecular weight is 358 g/mol. The Bertz CT molecular complexity index is 1170. The van der Waals surface area contributed by atoms with E-state index in [9.17, 15) is 9.65 Å². The van der Waals surface area contributed by atoms with Crippen LogP contribution in [0.15, 0.2) is 54.9 Å². The van der Waals surface area contributed by atoms with Crippen molar-refractivity contribution >= 4 is 22.3 Å². The van der Waals surface area contributed by atoms with Crippen LogP contribution in [0.2, 0.25) is 0 Å². The van der Waals surface area contributed by atoms with Gasteiger partial charge in [0.25, 0.3) is 0 Å². The highest BCUT2D eigenvalue weighted by atomic mass is 19.1. The van der Waals surface area contributed by atoms with Crippen LogP contribution < -0.4 is 5.32 Å². The molecule has 0 saturated heterocycles. The van der Waals surface area contributed by atoms with Crippen molar-refractivity contribution < 1.29 is 4.39 Å². The van der Waals surface area contributed by atoms with Gasteiger partial charge in [-0.2, -0.15) is 10.4 Å². The number of aromatic nitrogens is 4. The van der Waals surface area contributed by atoms with Gasteiger partial charge in [0.2, 0.25) is 0 Å². The third kappa shape index (κ3) is 3.33. The number of fused-ring (bicyclic) bond motifs is 1. The molecule has 132 valence electrons. The van der Waals surface area contributed by atoms with Crippen LogP contribution in [-0.4, -0.2) is 20.0 Å². The van der Waals surface area contributed by atoms with Gasteiger partial charge in [-0.05, 0) is 25.1 Å². The number of anilines is 2. The van der Waals surface area contributed by atoms with Crippen molar-refractivity contribution in [1.29, 1.82) is 5.26 Å². The van der Waals surface area contributed by atoms with Crippen LogP contribution in [0.1, 0.15) is 16.8 Å². The second-order valence-corrected chi connectivity index (χ2v) is 6.20. The van der Waals surface area contributed by atoms with Gasteiger partial charge in [-0.1, -0.05) is 29.8 Å². The van der Waals surface area contributed by atoms with E-state index < -0.39 is 0 Å². The van der Waals surface area contributed by atoms with E-state index in [-0.39, 0.29) is 11.5 Å². The minimum atomic E-state index is -0.269. The molecule has 0 bridgehead atoms. The van der Waals surface area contributed by atoms with Gasteiger partial charge in [0.05, 0.1) is 29.6 Å². The molecule has 7 heteroatoms. The predicted molar refractivity (Wildman–Crippen MR) is 100 cm³/mol. The first kappa shape index (κ1) is 16.7. The van der Waals surface area contributed by atoms with Crippen molar-refractivity contribution in [2.75, 3.05) is 5.32 Å². The van der Waals surface area contributed by atoms with Crippen LogP contribution in [0.5, 0.6) is 0 Å². The van der Waals surface area contributed by atoms with Gasteiger partial charge in [0, 0.05) is 17.1 Å². The summed E-state index contributed by atoms with van der Waals surface area (Å²) in [6.45, 7) is 2.29. The SMILES string of the molecule is Cc1ccc2nnc(C#N)c(Nc3cnn(Cc4ccccc4F)c3)c2c1. The molecular formula is C20H15FN6. The molecule has 0 atom stereocenters. The normalized spacial score (nSPS) is 10.7. The maximum atomic E-state index is 13.8. The van der Waals surface area contributed by atoms with Crippen LogP contribution in [0.25, 0.3) is 10.9 Å². The first-order valence-electron chi connectivity index (χ1n) is 8.34. The standard InChI is InChI=1S/C20H15FN6/c1-13-6-7-18-16(8-13)20(19(9-22)26-25-18)24-15-10-23-27(12-15)11-14-4-2-3-5-17(14)21/h2-8,10,12H,11H2,1H3,(H,24,25). The first-order valence-corrected chi connectivity index (χ1v) is 8.34. The van der Waals surface area contributed by atoms with Crippen molar-refractivity contribution in [3.63, 3.8) is 0 Å². The van der Waals surface area contributed by atoms with Crippen LogP contribution in [0, 0.1) is 24.1 Å². The number of benzene rings is 2. The highest BCUT2D eigenvalue weighted by molar-refractivity contribution is 5.95. The third-order valence-corrected chi connectivity index (χ3v) is 4.21. The second-order valence-electron chi connectivity index (χ2n) is 6.20. The number of nitriles is 1. The third-order valence-electron chi connectivity index (χ3n) is 4.21. The Morgan fingerprint density at radius 3 is 2.85 bits per heavy atom. The van der Waals surface area contributed by atoms with E-state index in [1.165, 1.54) is 6.07 Å². The highest BCUT2D eigenvalue weighted by Gasteiger charge is 2.12. The summed E-state index contributed by atoms with van der Waals surface area (Å²) in [6.07, 6.45) is 3.39. The first-order chi connectivity index (χ1) is 13.1. The molecule has 27 heavy (non-hydrogen) atoms. The molecular weight excluding hydrogens is 343 g/mol. The van der Waals surface area contributed by atoms with Crippen molar-refractivity contribution in [3.8, 4) is 6.07 Å². The largest absolute Gasteiger partial charge is 0.350 e. The predicted octanol–water partition coefficient (Wildman–Crippen LogP) is 3.94. The minimum Gasteiger partial charge on any atom is -0.350 e. The molecule has 2 aromatic heterocycles. The Labute approximate surface area is 154 Å². The molecule has 4 aromatic rings. The summed E-state index contributed by atoms with van der Waals surface area (Å²) in [5.74, 6) is -0.269. The van der Waals surface area contributed by atoms with Crippen molar-refractivity contribution in [3.05, 3.63) is 77.5 Å². The van der Waals surface area contributed by atoms with Gasteiger partial charge in [-0.25, -0.2) is 4.39 Å². The monoisotopic (exact) mass is 358 g/mol. The fourth-order valence-electron chi connectivity index (χ4n) is 2.88. The van der Waals surface area contributed by atoms with Gasteiger partial charge in [-0.15, -0.1) is 10.2 Å². The van der Waals surface area contributed by atoms with Gasteiger partial charge in [0.1, 0.15) is 11.9 Å². The number of hydrogen-bond donors (Lipinski definition) is 1. The summed E-state index contributed by atoms with van der Waals surface area (Å²) in [6, 6.07) is 14.4. The van der Waals surface area contributed by atoms with Crippen molar-refractivity contribution in [1.82, 2.24) is 20.0 Å². The molecule has 6 nitrogen and oxygen atoms in total. The number of rotatable bonds is 4. The number of nitrogens with zero attached hydrogens (tertiary/aromatic N) is 5. The Kier molecular flexibility index (Phi) is 4.22. The molecule has 0 saturated carbocycles. The lowest BCUT2D eigenvalue weighted by Gasteiger charge is -2.09. The smallest absolute Gasteiger partial charge is 0.187 e. The molecule has 0 radical (unpaired) electrons. The Hall–Kier alpha value is -3.79. The zero-order valence-electron chi connectivity index (χ0n) is 14.5. The Morgan fingerprint density at radius 1 is 1.19 bits per heavy atom. The topological polar surface area (TPSA) is 79.4 Å². The van der Waals surface area contributed by atoms with E-state index in [0.29, 0.717) is 29.0 Å². The number of hydrogen-bond acceptors (Lipinski definition) is 5. The fourth-order valence-corrected chi connectivity index (χ4v) is 2.88. The maximum absolute atomic E-state index is 13.8. The van der Waals surface area contributed by atoms with Gasteiger partial charge in [0.15, 0.2) is 5.69 Å². The summed E-state index contributed by atoms with van der Waals surface area (Å²) in [5, 5.41) is 25.8. The van der Waals surface area contributed by atoms with E-state index in [1.807, 2.05) is 25.1 Å². The summed E-state index contributed by atoms with van der Waals surface area (Å²) >= 11 is 0. The molecule has 2 heterocycles. The number of halogens is 1. The fraction of sp³-hybridized carbons (Fsp3) is 0.100. The number of aryl methyl sites for hydroxylation is 1. The van der Waals surface area contributed by atoms with E-state index in [1.54, 1.807) is 35.3 Å². The summed E-state index contributed by atoms with van der Waals surface area (Å²) in [7, 11) is 0. The van der Waals surface area contributed by atoms with Gasteiger partial charge in [-0.3, -0.25) is 4.68 Å². The molecule has 0 aliphatic carbocycles. The summed E-state index contributed by atoms with van der Waals surface area (Å²) in [5.41, 5.74) is 3.76.